The first-order valence-electron chi connectivity index (χ1n) is 17.3. The number of allylic oxidation sites excluding steroid dienone is 1. The number of rotatable bonds is 9. The first-order chi connectivity index (χ1) is 23.7. The summed E-state index contributed by atoms with van der Waals surface area (Å²) in [5, 5.41) is 0.657. The molecule has 5 atom stereocenters. The number of benzene rings is 2. The molecule has 9 nitrogen and oxygen atoms in total. The second-order valence-corrected chi connectivity index (χ2v) is 16.5. The van der Waals surface area contributed by atoms with Gasteiger partial charge in [-0.05, 0) is 122 Å². The fourth-order valence-corrected chi connectivity index (χ4v) is 10.3. The topological polar surface area (TPSA) is 108 Å². The van der Waals surface area contributed by atoms with Gasteiger partial charge in [-0.2, -0.15) is 0 Å². The Morgan fingerprint density at radius 2 is 1.94 bits per heavy atom. The van der Waals surface area contributed by atoms with E-state index in [-0.39, 0.29) is 34.3 Å². The van der Waals surface area contributed by atoms with E-state index >= 15 is 0 Å². The molecule has 4 aliphatic rings. The Balaban J connectivity index is 1.12. The van der Waals surface area contributed by atoms with Crippen LogP contribution in [0.1, 0.15) is 66.4 Å². The quantitative estimate of drug-likeness (QED) is 0.138. The zero-order valence-electron chi connectivity index (χ0n) is 28.1. The summed E-state index contributed by atoms with van der Waals surface area (Å²) in [7, 11) is -0.343. The lowest BCUT2D eigenvalue weighted by atomic mass is 9.66. The molecule has 3 aliphatic carbocycles. The van der Waals surface area contributed by atoms with E-state index in [1.165, 1.54) is 36.2 Å². The van der Waals surface area contributed by atoms with E-state index < -0.39 is 9.84 Å². The maximum Gasteiger partial charge on any atom is 0.337 e. The number of hydrogen-bond donors (Lipinski definition) is 0. The summed E-state index contributed by atoms with van der Waals surface area (Å²) < 4.78 is 43.8. The van der Waals surface area contributed by atoms with E-state index in [0.29, 0.717) is 30.4 Å². The molecular formula is C38H44ClN3O6S. The van der Waals surface area contributed by atoms with Gasteiger partial charge < -0.3 is 19.1 Å². The van der Waals surface area contributed by atoms with Crippen LogP contribution in [0.2, 0.25) is 5.02 Å². The van der Waals surface area contributed by atoms with Gasteiger partial charge in [0.1, 0.15) is 5.75 Å². The smallest absolute Gasteiger partial charge is 0.337 e. The zero-order valence-corrected chi connectivity index (χ0v) is 29.7. The third-order valence-electron chi connectivity index (χ3n) is 11.2. The highest BCUT2D eigenvalue weighted by Gasteiger charge is 2.45. The predicted octanol–water partition coefficient (Wildman–Crippen LogP) is 6.63. The Labute approximate surface area is 293 Å². The van der Waals surface area contributed by atoms with E-state index in [4.69, 9.17) is 25.8 Å². The van der Waals surface area contributed by atoms with Crippen LogP contribution >= 0.6 is 11.6 Å². The molecule has 2 unspecified atom stereocenters. The average Bonchev–Trinajstić information content (AvgIpc) is 3.26. The molecule has 1 saturated carbocycles. The normalized spacial score (nSPS) is 25.6. The van der Waals surface area contributed by atoms with Crippen molar-refractivity contribution in [1.82, 2.24) is 9.97 Å². The maximum absolute atomic E-state index is 12.9. The Morgan fingerprint density at radius 3 is 2.65 bits per heavy atom. The molecule has 3 aromatic rings. The Bertz CT molecular complexity index is 1840. The van der Waals surface area contributed by atoms with Crippen molar-refractivity contribution in [3.05, 3.63) is 88.2 Å². The van der Waals surface area contributed by atoms with Crippen LogP contribution in [-0.2, 0) is 31.1 Å². The summed E-state index contributed by atoms with van der Waals surface area (Å²) in [6.07, 6.45) is 12.6. The van der Waals surface area contributed by atoms with Gasteiger partial charge in [0.05, 0.1) is 36.8 Å². The number of carbonyl (C=O) groups is 1. The third-order valence-corrected chi connectivity index (χ3v) is 13.1. The summed E-state index contributed by atoms with van der Waals surface area (Å²) >= 11 is 6.45. The molecule has 0 saturated heterocycles. The van der Waals surface area contributed by atoms with Crippen LogP contribution < -0.4 is 9.64 Å². The van der Waals surface area contributed by atoms with Crippen molar-refractivity contribution in [2.75, 3.05) is 44.6 Å². The molecule has 11 heteroatoms. The average molecular weight is 706 g/mol. The fourth-order valence-electron chi connectivity index (χ4n) is 8.61. The van der Waals surface area contributed by atoms with E-state index in [1.54, 1.807) is 19.2 Å². The number of aryl methyl sites for hydroxylation is 1. The fraction of sp³-hybridized carbons (Fsp3) is 0.500. The van der Waals surface area contributed by atoms with Gasteiger partial charge >= 0.3 is 5.97 Å². The lowest BCUT2D eigenvalue weighted by Crippen LogP contribution is -2.50. The minimum Gasteiger partial charge on any atom is -0.490 e. The molecule has 1 spiro atoms. The SMILES string of the molecule is COC(=O)c1ccc2c(c1)N(C[C@@H]1CC[C@H]1C(OC)C1=CCC(CS(=O)(=O)c3ncccn3)CC1)C[C@@]1(CCCc3cc(Cl)ccc31)CO2. The molecule has 0 amide bonds. The van der Waals surface area contributed by atoms with Crippen molar-refractivity contribution in [3.8, 4) is 5.75 Å². The highest BCUT2D eigenvalue weighted by Crippen LogP contribution is 2.48. The first-order valence-corrected chi connectivity index (χ1v) is 19.3. The Morgan fingerprint density at radius 1 is 1.10 bits per heavy atom. The first kappa shape index (κ1) is 34.0. The molecule has 2 aromatic carbocycles. The van der Waals surface area contributed by atoms with Gasteiger partial charge in [0.2, 0.25) is 15.0 Å². The van der Waals surface area contributed by atoms with Crippen molar-refractivity contribution in [1.29, 1.82) is 0 Å². The number of nitrogens with zero attached hydrogens (tertiary/aromatic N) is 3. The number of fused-ring (bicyclic) bond motifs is 3. The summed E-state index contributed by atoms with van der Waals surface area (Å²) in [5.41, 5.74) is 5.07. The number of aromatic nitrogens is 2. The highest BCUT2D eigenvalue weighted by molar-refractivity contribution is 7.91. The van der Waals surface area contributed by atoms with Gasteiger partial charge in [0, 0.05) is 43.0 Å². The van der Waals surface area contributed by atoms with E-state index in [2.05, 4.69) is 33.1 Å². The summed E-state index contributed by atoms with van der Waals surface area (Å²) in [6, 6.07) is 13.5. The van der Waals surface area contributed by atoms with Crippen LogP contribution in [-0.4, -0.2) is 70.1 Å². The molecule has 49 heavy (non-hydrogen) atoms. The van der Waals surface area contributed by atoms with Crippen molar-refractivity contribution >= 4 is 33.1 Å². The van der Waals surface area contributed by atoms with Crippen LogP contribution in [0.5, 0.6) is 5.75 Å². The number of carbonyl (C=O) groups excluding carboxylic acids is 1. The molecule has 0 radical (unpaired) electrons. The number of halogens is 1. The summed E-state index contributed by atoms with van der Waals surface area (Å²) in [4.78, 5) is 23.0. The van der Waals surface area contributed by atoms with Crippen LogP contribution in [0.25, 0.3) is 0 Å². The highest BCUT2D eigenvalue weighted by atomic mass is 35.5. The molecule has 1 fully saturated rings. The number of ether oxygens (including phenoxy) is 3. The molecule has 2 heterocycles. The van der Waals surface area contributed by atoms with Gasteiger partial charge in [0.25, 0.3) is 0 Å². The van der Waals surface area contributed by atoms with Crippen LogP contribution in [0.4, 0.5) is 5.69 Å². The number of methoxy groups -OCH3 is 2. The molecular weight excluding hydrogens is 662 g/mol. The molecule has 0 bridgehead atoms. The summed E-state index contributed by atoms with van der Waals surface area (Å²) in [6.45, 7) is 2.13. The van der Waals surface area contributed by atoms with Gasteiger partial charge in [-0.15, -0.1) is 0 Å². The minimum absolute atomic E-state index is 0.0225. The van der Waals surface area contributed by atoms with Crippen molar-refractivity contribution < 1.29 is 27.4 Å². The molecule has 7 rings (SSSR count). The van der Waals surface area contributed by atoms with E-state index in [9.17, 15) is 13.2 Å². The Hall–Kier alpha value is -3.47. The van der Waals surface area contributed by atoms with Crippen molar-refractivity contribution in [2.24, 2.45) is 17.8 Å². The van der Waals surface area contributed by atoms with E-state index in [0.717, 1.165) is 74.5 Å². The molecule has 260 valence electrons. The molecule has 1 aromatic heterocycles. The third kappa shape index (κ3) is 6.84. The van der Waals surface area contributed by atoms with Crippen molar-refractivity contribution in [3.63, 3.8) is 0 Å². The molecule has 1 aliphatic heterocycles. The number of esters is 1. The largest absolute Gasteiger partial charge is 0.490 e. The minimum atomic E-state index is -3.54. The van der Waals surface area contributed by atoms with E-state index in [1.807, 2.05) is 18.2 Å². The Kier molecular flexibility index (Phi) is 9.74. The zero-order chi connectivity index (χ0) is 34.2. The molecule has 0 N–H and O–H groups in total. The van der Waals surface area contributed by atoms with Gasteiger partial charge in [-0.1, -0.05) is 23.7 Å². The number of sulfone groups is 1. The monoisotopic (exact) mass is 705 g/mol. The van der Waals surface area contributed by atoms with Crippen LogP contribution in [0.3, 0.4) is 0 Å². The number of anilines is 1. The predicted molar refractivity (Wildman–Crippen MR) is 188 cm³/mol. The maximum atomic E-state index is 12.9. The van der Waals surface area contributed by atoms with Gasteiger partial charge in [-0.25, -0.2) is 23.2 Å². The van der Waals surface area contributed by atoms with Crippen LogP contribution in [0.15, 0.2) is 71.7 Å². The lowest BCUT2D eigenvalue weighted by Gasteiger charge is -2.47. The lowest BCUT2D eigenvalue weighted by molar-refractivity contribution is 0.00323. The standard InChI is InChI=1S/C38H44ClN3O6S/c1-46-35(26-8-6-25(7-9-26)22-49(44,45)37-40-17-4-18-41-37)31-13-10-29(31)21-42-23-38(16-3-5-27-19-30(39)12-14-32(27)38)24-48-34-15-11-28(20-33(34)42)36(43)47-2/h4,8,11-12,14-15,17-20,25,29,31,35H,3,5-7,9-10,13,16,21-24H2,1-2H3/t25?,29-,31+,35?,38-/m0/s1. The second-order valence-electron chi connectivity index (χ2n) is 14.2. The van der Waals surface area contributed by atoms with Crippen molar-refractivity contribution in [2.45, 2.75) is 68.0 Å². The number of hydrogen-bond acceptors (Lipinski definition) is 9. The van der Waals surface area contributed by atoms with Gasteiger partial charge in [-0.3, -0.25) is 0 Å². The summed E-state index contributed by atoms with van der Waals surface area (Å²) in [5.74, 6) is 1.19. The van der Waals surface area contributed by atoms with Gasteiger partial charge in [0.15, 0.2) is 0 Å². The second kappa shape index (κ2) is 14.0. The van der Waals surface area contributed by atoms with Crippen LogP contribution in [0, 0.1) is 17.8 Å².